The van der Waals surface area contributed by atoms with Gasteiger partial charge < -0.3 is 14.2 Å². The van der Waals surface area contributed by atoms with Crippen LogP contribution in [-0.4, -0.2) is 80.3 Å². The molecule has 0 saturated carbocycles. The first-order chi connectivity index (χ1) is 9.67. The predicted molar refractivity (Wildman–Crippen MR) is 76.8 cm³/mol. The molecular formula is C15H28N2O3. The van der Waals surface area contributed by atoms with Gasteiger partial charge in [0.2, 0.25) is 0 Å². The molecule has 3 fully saturated rings. The van der Waals surface area contributed by atoms with E-state index in [1.807, 2.05) is 0 Å². The Bertz CT molecular complexity index is 318. The summed E-state index contributed by atoms with van der Waals surface area (Å²) in [5.41, 5.74) is 0. The second-order valence-electron chi connectivity index (χ2n) is 6.53. The van der Waals surface area contributed by atoms with Gasteiger partial charge in [0.25, 0.3) is 0 Å². The normalized spacial score (nSPS) is 32.2. The molecule has 0 aromatic rings. The molecule has 3 rings (SSSR count). The minimum atomic E-state index is -0.315. The third-order valence-electron chi connectivity index (χ3n) is 4.67. The molecule has 20 heavy (non-hydrogen) atoms. The fourth-order valence-corrected chi connectivity index (χ4v) is 3.57. The highest BCUT2D eigenvalue weighted by Gasteiger charge is 2.41. The Morgan fingerprint density at radius 3 is 2.70 bits per heavy atom. The summed E-state index contributed by atoms with van der Waals surface area (Å²) in [6.45, 7) is 12.0. The topological polar surface area (TPSA) is 34.2 Å². The summed E-state index contributed by atoms with van der Waals surface area (Å²) in [5.74, 6) is -0.315. The Labute approximate surface area is 122 Å². The molecule has 0 aliphatic carbocycles. The van der Waals surface area contributed by atoms with Crippen molar-refractivity contribution in [3.63, 3.8) is 0 Å². The maximum Gasteiger partial charge on any atom is 0.181 e. The SMILES string of the molecule is CC(C)N1CCOC(CN2CCCC3(C2)OCCO3)C1. The third kappa shape index (κ3) is 3.34. The van der Waals surface area contributed by atoms with Crippen molar-refractivity contribution in [3.05, 3.63) is 0 Å². The molecule has 3 saturated heterocycles. The van der Waals surface area contributed by atoms with E-state index in [9.17, 15) is 0 Å². The third-order valence-corrected chi connectivity index (χ3v) is 4.67. The van der Waals surface area contributed by atoms with Crippen molar-refractivity contribution in [2.24, 2.45) is 0 Å². The van der Waals surface area contributed by atoms with E-state index < -0.39 is 0 Å². The number of morpholine rings is 1. The Balaban J connectivity index is 1.52. The van der Waals surface area contributed by atoms with Crippen molar-refractivity contribution >= 4 is 0 Å². The van der Waals surface area contributed by atoms with Crippen LogP contribution < -0.4 is 0 Å². The van der Waals surface area contributed by atoms with Crippen molar-refractivity contribution in [1.29, 1.82) is 0 Å². The summed E-state index contributed by atoms with van der Waals surface area (Å²) in [4.78, 5) is 4.97. The van der Waals surface area contributed by atoms with Gasteiger partial charge in [0, 0.05) is 32.1 Å². The molecule has 3 heterocycles. The zero-order chi connectivity index (χ0) is 14.0. The minimum Gasteiger partial charge on any atom is -0.374 e. The zero-order valence-electron chi connectivity index (χ0n) is 12.8. The first-order valence-electron chi connectivity index (χ1n) is 8.03. The molecule has 3 aliphatic rings. The van der Waals surface area contributed by atoms with Gasteiger partial charge in [-0.05, 0) is 26.8 Å². The monoisotopic (exact) mass is 284 g/mol. The number of likely N-dealkylation sites (tertiary alicyclic amines) is 1. The van der Waals surface area contributed by atoms with E-state index in [2.05, 4.69) is 23.6 Å². The van der Waals surface area contributed by atoms with Gasteiger partial charge in [0.15, 0.2) is 5.79 Å². The van der Waals surface area contributed by atoms with Crippen LogP contribution in [0.25, 0.3) is 0 Å². The second kappa shape index (κ2) is 6.28. The molecule has 5 heteroatoms. The van der Waals surface area contributed by atoms with Gasteiger partial charge in [-0.1, -0.05) is 0 Å². The summed E-state index contributed by atoms with van der Waals surface area (Å²) in [7, 11) is 0. The lowest BCUT2D eigenvalue weighted by molar-refractivity contribution is -0.193. The molecule has 0 bridgehead atoms. The molecule has 0 aromatic carbocycles. The maximum atomic E-state index is 5.95. The zero-order valence-corrected chi connectivity index (χ0v) is 12.8. The average molecular weight is 284 g/mol. The molecule has 5 nitrogen and oxygen atoms in total. The molecule has 0 N–H and O–H groups in total. The molecule has 0 radical (unpaired) electrons. The Kier molecular flexibility index (Phi) is 4.62. The summed E-state index contributed by atoms with van der Waals surface area (Å²) >= 11 is 0. The maximum absolute atomic E-state index is 5.95. The van der Waals surface area contributed by atoms with Gasteiger partial charge in [0.05, 0.1) is 32.5 Å². The standard InChI is InChI=1S/C15H28N2O3/c1-13(2)17-6-7-18-14(11-17)10-16-5-3-4-15(12-16)19-8-9-20-15/h13-14H,3-12H2,1-2H3. The van der Waals surface area contributed by atoms with Gasteiger partial charge in [-0.2, -0.15) is 0 Å². The van der Waals surface area contributed by atoms with Crippen molar-refractivity contribution in [2.75, 3.05) is 52.5 Å². The van der Waals surface area contributed by atoms with E-state index in [1.54, 1.807) is 0 Å². The van der Waals surface area contributed by atoms with Gasteiger partial charge in [-0.15, -0.1) is 0 Å². The number of ether oxygens (including phenoxy) is 3. The Morgan fingerprint density at radius 2 is 1.95 bits per heavy atom. The van der Waals surface area contributed by atoms with Crippen LogP contribution in [0.2, 0.25) is 0 Å². The van der Waals surface area contributed by atoms with Crippen molar-refractivity contribution in [2.45, 2.75) is 44.6 Å². The summed E-state index contributed by atoms with van der Waals surface area (Å²) in [6, 6.07) is 0.607. The summed E-state index contributed by atoms with van der Waals surface area (Å²) in [5, 5.41) is 0. The molecule has 0 amide bonds. The van der Waals surface area contributed by atoms with E-state index in [0.717, 1.165) is 65.4 Å². The number of rotatable bonds is 3. The van der Waals surface area contributed by atoms with Gasteiger partial charge in [-0.25, -0.2) is 0 Å². The van der Waals surface area contributed by atoms with Crippen LogP contribution in [0.5, 0.6) is 0 Å². The van der Waals surface area contributed by atoms with Gasteiger partial charge >= 0.3 is 0 Å². The van der Waals surface area contributed by atoms with Gasteiger partial charge in [-0.3, -0.25) is 9.80 Å². The number of piperidine rings is 1. The molecule has 3 aliphatic heterocycles. The van der Waals surface area contributed by atoms with Crippen molar-refractivity contribution in [1.82, 2.24) is 9.80 Å². The largest absolute Gasteiger partial charge is 0.374 e. The fraction of sp³-hybridized carbons (Fsp3) is 1.00. The fourth-order valence-electron chi connectivity index (χ4n) is 3.57. The van der Waals surface area contributed by atoms with Crippen LogP contribution in [0.15, 0.2) is 0 Å². The molecule has 1 spiro atoms. The number of hydrogen-bond acceptors (Lipinski definition) is 5. The summed E-state index contributed by atoms with van der Waals surface area (Å²) < 4.78 is 17.6. The summed E-state index contributed by atoms with van der Waals surface area (Å²) in [6.07, 6.45) is 2.51. The lowest BCUT2D eigenvalue weighted by Crippen LogP contribution is -2.54. The van der Waals surface area contributed by atoms with Crippen LogP contribution in [0.1, 0.15) is 26.7 Å². The molecular weight excluding hydrogens is 256 g/mol. The molecule has 1 atom stereocenters. The van der Waals surface area contributed by atoms with Crippen LogP contribution >= 0.6 is 0 Å². The van der Waals surface area contributed by atoms with E-state index in [1.165, 1.54) is 0 Å². The van der Waals surface area contributed by atoms with Gasteiger partial charge in [0.1, 0.15) is 0 Å². The van der Waals surface area contributed by atoms with E-state index in [0.29, 0.717) is 12.1 Å². The predicted octanol–water partition coefficient (Wildman–Crippen LogP) is 0.935. The second-order valence-corrected chi connectivity index (χ2v) is 6.53. The lowest BCUT2D eigenvalue weighted by Gasteiger charge is -2.42. The smallest absolute Gasteiger partial charge is 0.181 e. The first-order valence-corrected chi connectivity index (χ1v) is 8.03. The molecule has 1 unspecified atom stereocenters. The minimum absolute atomic E-state index is 0.315. The number of hydrogen-bond donors (Lipinski definition) is 0. The van der Waals surface area contributed by atoms with Crippen molar-refractivity contribution in [3.8, 4) is 0 Å². The van der Waals surface area contributed by atoms with Crippen LogP contribution in [0.3, 0.4) is 0 Å². The van der Waals surface area contributed by atoms with Crippen LogP contribution in [0, 0.1) is 0 Å². The van der Waals surface area contributed by atoms with Crippen molar-refractivity contribution < 1.29 is 14.2 Å². The lowest BCUT2D eigenvalue weighted by atomic mass is 10.0. The molecule has 116 valence electrons. The number of nitrogens with zero attached hydrogens (tertiary/aromatic N) is 2. The molecule has 0 aromatic heterocycles. The van der Waals surface area contributed by atoms with Crippen LogP contribution in [-0.2, 0) is 14.2 Å². The average Bonchev–Trinajstić information content (AvgIpc) is 2.87. The first kappa shape index (κ1) is 14.7. The highest BCUT2D eigenvalue weighted by molar-refractivity contribution is 4.86. The Morgan fingerprint density at radius 1 is 1.15 bits per heavy atom. The Hall–Kier alpha value is -0.200. The van der Waals surface area contributed by atoms with E-state index in [-0.39, 0.29) is 5.79 Å². The van der Waals surface area contributed by atoms with Crippen LogP contribution in [0.4, 0.5) is 0 Å². The highest BCUT2D eigenvalue weighted by Crippen LogP contribution is 2.30. The highest BCUT2D eigenvalue weighted by atomic mass is 16.7. The van der Waals surface area contributed by atoms with E-state index >= 15 is 0 Å². The quantitative estimate of drug-likeness (QED) is 0.770. The van der Waals surface area contributed by atoms with E-state index in [4.69, 9.17) is 14.2 Å².